The molecule has 4 heteroatoms. The average molecular weight is 264 g/mol. The minimum atomic E-state index is 0.191. The van der Waals surface area contributed by atoms with Crippen LogP contribution in [0.5, 0.6) is 11.5 Å². The Labute approximate surface area is 115 Å². The largest absolute Gasteiger partial charge is 0.504 e. The number of rotatable bonds is 4. The summed E-state index contributed by atoms with van der Waals surface area (Å²) in [5, 5.41) is 13.3. The van der Waals surface area contributed by atoms with Crippen LogP contribution in [0.15, 0.2) is 18.2 Å². The molecule has 0 saturated carbocycles. The highest BCUT2D eigenvalue weighted by molar-refractivity contribution is 5.42. The van der Waals surface area contributed by atoms with E-state index in [4.69, 9.17) is 4.74 Å². The third kappa shape index (κ3) is 3.61. The molecule has 0 aromatic heterocycles. The third-order valence-electron chi connectivity index (χ3n) is 3.81. The predicted molar refractivity (Wildman–Crippen MR) is 76.7 cm³/mol. The maximum absolute atomic E-state index is 9.62. The summed E-state index contributed by atoms with van der Waals surface area (Å²) in [5.74, 6) is 0.725. The molecule has 0 bridgehead atoms. The number of ether oxygens (including phenoxy) is 1. The molecule has 2 rings (SSSR count). The van der Waals surface area contributed by atoms with Crippen molar-refractivity contribution in [3.05, 3.63) is 23.8 Å². The minimum Gasteiger partial charge on any atom is -0.504 e. The number of likely N-dealkylation sites (tertiary alicyclic amines) is 1. The van der Waals surface area contributed by atoms with Gasteiger partial charge in [-0.1, -0.05) is 6.07 Å². The lowest BCUT2D eigenvalue weighted by Crippen LogP contribution is -2.44. The molecule has 2 unspecified atom stereocenters. The van der Waals surface area contributed by atoms with Crippen LogP contribution in [0.3, 0.4) is 0 Å². The van der Waals surface area contributed by atoms with Crippen LogP contribution >= 0.6 is 0 Å². The predicted octanol–water partition coefficient (Wildman–Crippen LogP) is 2.15. The fourth-order valence-corrected chi connectivity index (χ4v) is 2.72. The first-order valence-electron chi connectivity index (χ1n) is 6.91. The van der Waals surface area contributed by atoms with Gasteiger partial charge in [0.2, 0.25) is 0 Å². The third-order valence-corrected chi connectivity index (χ3v) is 3.81. The van der Waals surface area contributed by atoms with Gasteiger partial charge in [0.15, 0.2) is 11.5 Å². The highest BCUT2D eigenvalue weighted by Gasteiger charge is 2.19. The zero-order valence-electron chi connectivity index (χ0n) is 12.0. The van der Waals surface area contributed by atoms with Crippen molar-refractivity contribution in [1.29, 1.82) is 0 Å². The fourth-order valence-electron chi connectivity index (χ4n) is 2.72. The maximum atomic E-state index is 9.62. The molecule has 1 aromatic carbocycles. The molecule has 1 fully saturated rings. The Morgan fingerprint density at radius 1 is 1.47 bits per heavy atom. The van der Waals surface area contributed by atoms with Crippen LogP contribution < -0.4 is 10.1 Å². The molecular formula is C15H24N2O2. The minimum absolute atomic E-state index is 0.191. The van der Waals surface area contributed by atoms with E-state index in [1.165, 1.54) is 19.4 Å². The summed E-state index contributed by atoms with van der Waals surface area (Å²) in [5.41, 5.74) is 1.14. The first kappa shape index (κ1) is 14.2. The van der Waals surface area contributed by atoms with Gasteiger partial charge in [0.05, 0.1) is 7.11 Å². The molecule has 0 amide bonds. The summed E-state index contributed by atoms with van der Waals surface area (Å²) in [6.07, 6.45) is 2.48. The molecule has 1 aliphatic heterocycles. The van der Waals surface area contributed by atoms with Gasteiger partial charge < -0.3 is 20.1 Å². The van der Waals surface area contributed by atoms with Crippen LogP contribution in [0.2, 0.25) is 0 Å². The Bertz CT molecular complexity index is 423. The zero-order valence-corrected chi connectivity index (χ0v) is 12.0. The SMILES string of the molecule is COc1cc(C(C)NC2CCCN(C)C2)ccc1O. The molecule has 4 nitrogen and oxygen atoms in total. The van der Waals surface area contributed by atoms with Crippen LogP contribution in [0.4, 0.5) is 0 Å². The van der Waals surface area contributed by atoms with Gasteiger partial charge in [-0.2, -0.15) is 0 Å². The maximum Gasteiger partial charge on any atom is 0.160 e. The van der Waals surface area contributed by atoms with Crippen molar-refractivity contribution in [2.24, 2.45) is 0 Å². The highest BCUT2D eigenvalue weighted by Crippen LogP contribution is 2.29. The summed E-state index contributed by atoms with van der Waals surface area (Å²) in [4.78, 5) is 2.37. The monoisotopic (exact) mass is 264 g/mol. The topological polar surface area (TPSA) is 44.7 Å². The summed E-state index contributed by atoms with van der Waals surface area (Å²) >= 11 is 0. The van der Waals surface area contributed by atoms with Crippen molar-refractivity contribution in [3.8, 4) is 11.5 Å². The van der Waals surface area contributed by atoms with Crippen LogP contribution in [0.1, 0.15) is 31.4 Å². The van der Waals surface area contributed by atoms with Crippen molar-refractivity contribution in [1.82, 2.24) is 10.2 Å². The summed E-state index contributed by atoms with van der Waals surface area (Å²) < 4.78 is 5.16. The van der Waals surface area contributed by atoms with Gasteiger partial charge in [-0.25, -0.2) is 0 Å². The van der Waals surface area contributed by atoms with Crippen molar-refractivity contribution >= 4 is 0 Å². The normalized spacial score (nSPS) is 22.2. The number of phenolic OH excluding ortho intramolecular Hbond substituents is 1. The van der Waals surface area contributed by atoms with E-state index in [1.54, 1.807) is 13.2 Å². The summed E-state index contributed by atoms with van der Waals surface area (Å²) in [6.45, 7) is 4.44. The van der Waals surface area contributed by atoms with Gasteiger partial charge in [0.25, 0.3) is 0 Å². The molecule has 0 spiro atoms. The van der Waals surface area contributed by atoms with E-state index in [0.717, 1.165) is 12.1 Å². The number of phenols is 1. The Hall–Kier alpha value is -1.26. The lowest BCUT2D eigenvalue weighted by atomic mass is 10.0. The first-order chi connectivity index (χ1) is 9.10. The van der Waals surface area contributed by atoms with Crippen LogP contribution in [-0.4, -0.2) is 43.3 Å². The van der Waals surface area contributed by atoms with E-state index in [0.29, 0.717) is 11.8 Å². The number of benzene rings is 1. The van der Waals surface area contributed by atoms with Gasteiger partial charge >= 0.3 is 0 Å². The number of nitrogens with zero attached hydrogens (tertiary/aromatic N) is 1. The van der Waals surface area contributed by atoms with Crippen molar-refractivity contribution in [2.75, 3.05) is 27.2 Å². The average Bonchev–Trinajstić information content (AvgIpc) is 2.39. The number of hydrogen-bond acceptors (Lipinski definition) is 4. The van der Waals surface area contributed by atoms with Gasteiger partial charge in [-0.3, -0.25) is 0 Å². The van der Waals surface area contributed by atoms with Crippen LogP contribution in [-0.2, 0) is 0 Å². The molecule has 0 aliphatic carbocycles. The molecule has 1 aromatic rings. The van der Waals surface area contributed by atoms with Crippen molar-refractivity contribution in [3.63, 3.8) is 0 Å². The van der Waals surface area contributed by atoms with Gasteiger partial charge in [0.1, 0.15) is 0 Å². The second-order valence-electron chi connectivity index (χ2n) is 5.42. The molecule has 2 atom stereocenters. The Balaban J connectivity index is 2.01. The first-order valence-corrected chi connectivity index (χ1v) is 6.91. The quantitative estimate of drug-likeness (QED) is 0.874. The number of methoxy groups -OCH3 is 1. The van der Waals surface area contributed by atoms with E-state index in [2.05, 4.69) is 24.2 Å². The number of aromatic hydroxyl groups is 1. The van der Waals surface area contributed by atoms with Gasteiger partial charge in [0, 0.05) is 18.6 Å². The van der Waals surface area contributed by atoms with Crippen molar-refractivity contribution < 1.29 is 9.84 Å². The summed E-state index contributed by atoms with van der Waals surface area (Å²) in [6, 6.07) is 6.33. The molecule has 0 radical (unpaired) electrons. The molecular weight excluding hydrogens is 240 g/mol. The lowest BCUT2D eigenvalue weighted by molar-refractivity contribution is 0.218. The summed E-state index contributed by atoms with van der Waals surface area (Å²) in [7, 11) is 3.75. The van der Waals surface area contributed by atoms with E-state index in [9.17, 15) is 5.11 Å². The van der Waals surface area contributed by atoms with Gasteiger partial charge in [-0.15, -0.1) is 0 Å². The Morgan fingerprint density at radius 2 is 2.26 bits per heavy atom. The molecule has 19 heavy (non-hydrogen) atoms. The lowest BCUT2D eigenvalue weighted by Gasteiger charge is -2.32. The Kier molecular flexibility index (Phi) is 4.66. The number of nitrogens with one attached hydrogen (secondary N) is 1. The fraction of sp³-hybridized carbons (Fsp3) is 0.600. The van der Waals surface area contributed by atoms with Crippen molar-refractivity contribution in [2.45, 2.75) is 31.8 Å². The Morgan fingerprint density at radius 3 is 2.95 bits per heavy atom. The molecule has 1 heterocycles. The van der Waals surface area contributed by atoms with E-state index in [1.807, 2.05) is 12.1 Å². The van der Waals surface area contributed by atoms with Crippen LogP contribution in [0.25, 0.3) is 0 Å². The molecule has 1 saturated heterocycles. The standard InChI is InChI=1S/C15H24N2O2/c1-11(16-13-5-4-8-17(2)10-13)12-6-7-14(18)15(9-12)19-3/h6-7,9,11,13,16,18H,4-5,8,10H2,1-3H3. The second kappa shape index (κ2) is 6.26. The van der Waals surface area contributed by atoms with Crippen LogP contribution in [0, 0.1) is 0 Å². The smallest absolute Gasteiger partial charge is 0.160 e. The number of likely N-dealkylation sites (N-methyl/N-ethyl adjacent to an activating group) is 1. The highest BCUT2D eigenvalue weighted by atomic mass is 16.5. The van der Waals surface area contributed by atoms with E-state index in [-0.39, 0.29) is 11.8 Å². The van der Waals surface area contributed by atoms with Gasteiger partial charge in [-0.05, 0) is 51.1 Å². The number of piperidine rings is 1. The second-order valence-corrected chi connectivity index (χ2v) is 5.42. The number of hydrogen-bond donors (Lipinski definition) is 2. The molecule has 1 aliphatic rings. The molecule has 106 valence electrons. The van der Waals surface area contributed by atoms with E-state index < -0.39 is 0 Å². The van der Waals surface area contributed by atoms with E-state index >= 15 is 0 Å². The zero-order chi connectivity index (χ0) is 13.8. The molecule has 2 N–H and O–H groups in total.